The van der Waals surface area contributed by atoms with Crippen LogP contribution in [0, 0.1) is 31.6 Å². The molecule has 2 aromatic rings. The van der Waals surface area contributed by atoms with E-state index in [-0.39, 0.29) is 29.2 Å². The SMILES string of the molecule is Cc1ccc(C)c(NC(=O)COC(=O)c2ccc(N3C(=O)[C@@H]4CC[C@H](C)C[C@H]4C3=O)cc2)c1. The highest BCUT2D eigenvalue weighted by Gasteiger charge is 2.49. The topological polar surface area (TPSA) is 92.8 Å². The summed E-state index contributed by atoms with van der Waals surface area (Å²) in [5, 5.41) is 2.74. The van der Waals surface area contributed by atoms with Gasteiger partial charge in [-0.25, -0.2) is 4.79 Å². The Balaban J connectivity index is 1.36. The van der Waals surface area contributed by atoms with Crippen LogP contribution in [-0.2, 0) is 19.1 Å². The molecule has 1 heterocycles. The minimum atomic E-state index is -0.653. The Morgan fingerprint density at radius 3 is 2.42 bits per heavy atom. The molecule has 7 nitrogen and oxygen atoms in total. The minimum absolute atomic E-state index is 0.157. The fourth-order valence-corrected chi connectivity index (χ4v) is 4.66. The van der Waals surface area contributed by atoms with Crippen molar-refractivity contribution in [2.45, 2.75) is 40.0 Å². The summed E-state index contributed by atoms with van der Waals surface area (Å²) < 4.78 is 5.13. The number of anilines is 2. The normalized spacial score (nSPS) is 22.2. The molecule has 2 aliphatic rings. The van der Waals surface area contributed by atoms with E-state index in [1.54, 1.807) is 12.1 Å². The van der Waals surface area contributed by atoms with Crippen molar-refractivity contribution in [1.82, 2.24) is 0 Å². The van der Waals surface area contributed by atoms with Crippen molar-refractivity contribution in [1.29, 1.82) is 0 Å². The van der Waals surface area contributed by atoms with Crippen molar-refractivity contribution in [3.8, 4) is 0 Å². The van der Waals surface area contributed by atoms with Gasteiger partial charge in [0.15, 0.2) is 6.61 Å². The summed E-state index contributed by atoms with van der Waals surface area (Å²) >= 11 is 0. The molecule has 3 amide bonds. The van der Waals surface area contributed by atoms with Crippen LogP contribution in [0.1, 0.15) is 47.7 Å². The van der Waals surface area contributed by atoms with Crippen molar-refractivity contribution >= 4 is 35.1 Å². The predicted octanol–water partition coefficient (Wildman–Crippen LogP) is 4.02. The van der Waals surface area contributed by atoms with Gasteiger partial charge in [-0.1, -0.05) is 19.1 Å². The highest BCUT2D eigenvalue weighted by atomic mass is 16.5. The molecular formula is C26H28N2O5. The molecule has 0 aromatic heterocycles. The molecule has 2 fully saturated rings. The van der Waals surface area contributed by atoms with Gasteiger partial charge in [0.25, 0.3) is 5.91 Å². The molecule has 0 radical (unpaired) electrons. The van der Waals surface area contributed by atoms with Gasteiger partial charge in [-0.05, 0) is 80.5 Å². The van der Waals surface area contributed by atoms with E-state index in [4.69, 9.17) is 4.74 Å². The van der Waals surface area contributed by atoms with E-state index in [1.165, 1.54) is 17.0 Å². The Morgan fingerprint density at radius 1 is 1.00 bits per heavy atom. The lowest BCUT2D eigenvalue weighted by atomic mass is 9.76. The first-order valence-electron chi connectivity index (χ1n) is 11.3. The van der Waals surface area contributed by atoms with Crippen molar-refractivity contribution < 1.29 is 23.9 Å². The Morgan fingerprint density at radius 2 is 1.70 bits per heavy atom. The average Bonchev–Trinajstić information content (AvgIpc) is 3.04. The smallest absolute Gasteiger partial charge is 0.338 e. The Hall–Kier alpha value is -3.48. The molecule has 7 heteroatoms. The van der Waals surface area contributed by atoms with Crippen LogP contribution in [0.3, 0.4) is 0 Å². The first-order valence-corrected chi connectivity index (χ1v) is 11.3. The lowest BCUT2D eigenvalue weighted by molar-refractivity contribution is -0.122. The lowest BCUT2D eigenvalue weighted by Crippen LogP contribution is -2.30. The number of aryl methyl sites for hydroxylation is 2. The molecule has 1 saturated carbocycles. The van der Waals surface area contributed by atoms with Crippen LogP contribution in [0.25, 0.3) is 0 Å². The number of nitrogens with zero attached hydrogens (tertiary/aromatic N) is 1. The molecule has 1 saturated heterocycles. The molecule has 33 heavy (non-hydrogen) atoms. The Bertz CT molecular complexity index is 1110. The lowest BCUT2D eigenvalue weighted by Gasteiger charge is -2.25. The average molecular weight is 449 g/mol. The van der Waals surface area contributed by atoms with E-state index < -0.39 is 18.5 Å². The van der Waals surface area contributed by atoms with Gasteiger partial charge in [0.1, 0.15) is 0 Å². The predicted molar refractivity (Wildman–Crippen MR) is 124 cm³/mol. The highest BCUT2D eigenvalue weighted by Crippen LogP contribution is 2.42. The quantitative estimate of drug-likeness (QED) is 0.551. The number of rotatable bonds is 5. The number of carbonyl (C=O) groups excluding carboxylic acids is 4. The second kappa shape index (κ2) is 9.17. The van der Waals surface area contributed by atoms with Crippen LogP contribution in [0.4, 0.5) is 11.4 Å². The number of imide groups is 1. The first-order chi connectivity index (χ1) is 15.7. The van der Waals surface area contributed by atoms with Crippen molar-refractivity contribution in [3.05, 3.63) is 59.2 Å². The Kier molecular flexibility index (Phi) is 6.31. The first kappa shape index (κ1) is 22.7. The van der Waals surface area contributed by atoms with E-state index in [9.17, 15) is 19.2 Å². The molecule has 172 valence electrons. The number of ether oxygens (including phenoxy) is 1. The summed E-state index contributed by atoms with van der Waals surface area (Å²) in [4.78, 5) is 51.5. The van der Waals surface area contributed by atoms with E-state index in [2.05, 4.69) is 12.2 Å². The molecule has 1 aliphatic heterocycles. The third-order valence-electron chi connectivity index (χ3n) is 6.55. The monoisotopic (exact) mass is 448 g/mol. The summed E-state index contributed by atoms with van der Waals surface area (Å²) in [6.07, 6.45) is 2.43. The maximum absolute atomic E-state index is 12.9. The van der Waals surface area contributed by atoms with E-state index in [0.29, 0.717) is 17.3 Å². The number of hydrogen-bond acceptors (Lipinski definition) is 5. The number of fused-ring (bicyclic) bond motifs is 1. The zero-order valence-electron chi connectivity index (χ0n) is 19.1. The third kappa shape index (κ3) is 4.67. The van der Waals surface area contributed by atoms with Gasteiger partial charge >= 0.3 is 5.97 Å². The van der Waals surface area contributed by atoms with Crippen LogP contribution < -0.4 is 10.2 Å². The molecule has 1 aliphatic carbocycles. The maximum atomic E-state index is 12.9. The van der Waals surface area contributed by atoms with Gasteiger partial charge in [0.2, 0.25) is 11.8 Å². The number of nitrogens with one attached hydrogen (secondary N) is 1. The van der Waals surface area contributed by atoms with Gasteiger partial charge in [-0.15, -0.1) is 0 Å². The van der Waals surface area contributed by atoms with Crippen molar-refractivity contribution in [2.75, 3.05) is 16.8 Å². The van der Waals surface area contributed by atoms with Gasteiger partial charge in [-0.3, -0.25) is 19.3 Å². The van der Waals surface area contributed by atoms with E-state index in [1.807, 2.05) is 32.0 Å². The number of amides is 3. The van der Waals surface area contributed by atoms with Crippen molar-refractivity contribution in [2.24, 2.45) is 17.8 Å². The zero-order chi connectivity index (χ0) is 23.7. The summed E-state index contributed by atoms with van der Waals surface area (Å²) in [7, 11) is 0. The molecule has 0 spiro atoms. The summed E-state index contributed by atoms with van der Waals surface area (Å²) in [5.74, 6) is -1.45. The maximum Gasteiger partial charge on any atom is 0.338 e. The summed E-state index contributed by atoms with van der Waals surface area (Å²) in [6, 6.07) is 11.9. The molecular weight excluding hydrogens is 420 g/mol. The molecule has 1 N–H and O–H groups in total. The van der Waals surface area contributed by atoms with Gasteiger partial charge in [-0.2, -0.15) is 0 Å². The Labute approximate surface area is 193 Å². The second-order valence-electron chi connectivity index (χ2n) is 9.13. The van der Waals surface area contributed by atoms with Crippen LogP contribution in [-0.4, -0.2) is 30.3 Å². The zero-order valence-corrected chi connectivity index (χ0v) is 19.1. The molecule has 2 aromatic carbocycles. The van der Waals surface area contributed by atoms with E-state index in [0.717, 1.165) is 30.4 Å². The largest absolute Gasteiger partial charge is 0.452 e. The number of carbonyl (C=O) groups is 4. The van der Waals surface area contributed by atoms with Gasteiger partial charge < -0.3 is 10.1 Å². The number of hydrogen-bond donors (Lipinski definition) is 1. The van der Waals surface area contributed by atoms with Crippen LogP contribution in [0.5, 0.6) is 0 Å². The summed E-state index contributed by atoms with van der Waals surface area (Å²) in [6.45, 7) is 5.50. The highest BCUT2D eigenvalue weighted by molar-refractivity contribution is 6.22. The second-order valence-corrected chi connectivity index (χ2v) is 9.13. The standard InChI is InChI=1S/C26H28N2O5/c1-15-5-11-20-21(12-15)25(31)28(24(20)30)19-9-7-18(8-10-19)26(32)33-14-23(29)27-22-13-16(2)4-6-17(22)3/h4,6-10,13,15,20-21H,5,11-12,14H2,1-3H3,(H,27,29)/t15-,20+,21+/m0/s1. The third-order valence-corrected chi connectivity index (χ3v) is 6.55. The molecule has 0 bridgehead atoms. The number of esters is 1. The van der Waals surface area contributed by atoms with E-state index >= 15 is 0 Å². The van der Waals surface area contributed by atoms with Crippen LogP contribution >= 0.6 is 0 Å². The fourth-order valence-electron chi connectivity index (χ4n) is 4.66. The van der Waals surface area contributed by atoms with Gasteiger partial charge in [0.05, 0.1) is 23.1 Å². The number of benzene rings is 2. The minimum Gasteiger partial charge on any atom is -0.452 e. The fraction of sp³-hybridized carbons (Fsp3) is 0.385. The molecule has 4 rings (SSSR count). The molecule has 0 unspecified atom stereocenters. The van der Waals surface area contributed by atoms with Crippen molar-refractivity contribution in [3.63, 3.8) is 0 Å². The van der Waals surface area contributed by atoms with Crippen LogP contribution in [0.15, 0.2) is 42.5 Å². The molecule has 3 atom stereocenters. The van der Waals surface area contributed by atoms with Crippen LogP contribution in [0.2, 0.25) is 0 Å². The van der Waals surface area contributed by atoms with Gasteiger partial charge in [0, 0.05) is 5.69 Å². The summed E-state index contributed by atoms with van der Waals surface area (Å²) in [5.41, 5.74) is 3.29.